The molecule has 0 saturated carbocycles. The molecule has 2 aromatic rings. The number of rotatable bonds is 5. The lowest BCUT2D eigenvalue weighted by molar-refractivity contribution is -0.123. The van der Waals surface area contributed by atoms with Gasteiger partial charge in [0.15, 0.2) is 0 Å². The van der Waals surface area contributed by atoms with E-state index in [4.69, 9.17) is 5.11 Å². The minimum absolute atomic E-state index is 0.186. The van der Waals surface area contributed by atoms with Crippen molar-refractivity contribution in [3.63, 3.8) is 0 Å². The van der Waals surface area contributed by atoms with Gasteiger partial charge in [-0.25, -0.2) is 9.18 Å². The molecule has 6 heteroatoms. The van der Waals surface area contributed by atoms with Crippen molar-refractivity contribution in [2.24, 2.45) is 0 Å². The molecule has 0 heterocycles. The SMILES string of the molecule is CC[C@H](C(=O)N[C@H]1Cc2ccccc2[C@@H]1NC(=O)O)c1ccc(F)cc1. The van der Waals surface area contributed by atoms with Crippen LogP contribution in [0.4, 0.5) is 9.18 Å². The van der Waals surface area contributed by atoms with Crippen LogP contribution in [0.5, 0.6) is 0 Å². The van der Waals surface area contributed by atoms with Crippen molar-refractivity contribution < 1.29 is 19.1 Å². The Labute approximate surface area is 151 Å². The fourth-order valence-electron chi connectivity index (χ4n) is 3.59. The van der Waals surface area contributed by atoms with Crippen LogP contribution in [0.25, 0.3) is 0 Å². The average Bonchev–Trinajstić information content (AvgIpc) is 2.94. The normalized spacial score (nSPS) is 19.5. The van der Waals surface area contributed by atoms with Crippen LogP contribution in [0.2, 0.25) is 0 Å². The van der Waals surface area contributed by atoms with Crippen molar-refractivity contribution in [1.82, 2.24) is 10.6 Å². The number of carboxylic acid groups (broad SMARTS) is 1. The quantitative estimate of drug-likeness (QED) is 0.769. The highest BCUT2D eigenvalue weighted by Crippen LogP contribution is 2.32. The Hall–Kier alpha value is -2.89. The van der Waals surface area contributed by atoms with Gasteiger partial charge in [-0.3, -0.25) is 4.79 Å². The Balaban J connectivity index is 1.79. The van der Waals surface area contributed by atoms with Crippen molar-refractivity contribution in [2.75, 3.05) is 0 Å². The third-order valence-electron chi connectivity index (χ3n) is 4.84. The fraction of sp³-hybridized carbons (Fsp3) is 0.300. The zero-order chi connectivity index (χ0) is 18.7. The molecule has 1 aliphatic carbocycles. The number of halogens is 1. The predicted octanol–water partition coefficient (Wildman–Crippen LogP) is 3.37. The molecule has 2 aromatic carbocycles. The molecule has 2 amide bonds. The summed E-state index contributed by atoms with van der Waals surface area (Å²) in [4.78, 5) is 24.0. The molecule has 0 aliphatic heterocycles. The summed E-state index contributed by atoms with van der Waals surface area (Å²) in [5.74, 6) is -0.945. The molecule has 3 atom stereocenters. The van der Waals surface area contributed by atoms with E-state index in [1.807, 2.05) is 31.2 Å². The van der Waals surface area contributed by atoms with Gasteiger partial charge in [-0.05, 0) is 41.7 Å². The molecule has 0 unspecified atom stereocenters. The highest BCUT2D eigenvalue weighted by Gasteiger charge is 2.35. The number of fused-ring (bicyclic) bond motifs is 1. The molecule has 0 radical (unpaired) electrons. The molecule has 3 rings (SSSR count). The molecule has 0 spiro atoms. The molecule has 3 N–H and O–H groups in total. The minimum Gasteiger partial charge on any atom is -0.465 e. The number of hydrogen-bond donors (Lipinski definition) is 3. The van der Waals surface area contributed by atoms with Crippen LogP contribution in [0.3, 0.4) is 0 Å². The van der Waals surface area contributed by atoms with E-state index in [1.165, 1.54) is 12.1 Å². The summed E-state index contributed by atoms with van der Waals surface area (Å²) < 4.78 is 13.1. The Kier molecular flexibility index (Phi) is 5.21. The van der Waals surface area contributed by atoms with Crippen LogP contribution in [-0.4, -0.2) is 23.1 Å². The summed E-state index contributed by atoms with van der Waals surface area (Å²) in [6.07, 6.45) is -0.00235. The van der Waals surface area contributed by atoms with Crippen LogP contribution in [0.15, 0.2) is 48.5 Å². The lowest BCUT2D eigenvalue weighted by atomic mass is 9.95. The van der Waals surface area contributed by atoms with Crippen molar-refractivity contribution in [3.8, 4) is 0 Å². The molecule has 136 valence electrons. The summed E-state index contributed by atoms with van der Waals surface area (Å²) in [5, 5.41) is 14.6. The summed E-state index contributed by atoms with van der Waals surface area (Å²) in [6, 6.07) is 12.6. The maximum absolute atomic E-state index is 13.1. The Bertz CT molecular complexity index is 807. The molecule has 26 heavy (non-hydrogen) atoms. The minimum atomic E-state index is -1.13. The molecule has 1 aliphatic rings. The maximum atomic E-state index is 13.1. The topological polar surface area (TPSA) is 78.4 Å². The second-order valence-corrected chi connectivity index (χ2v) is 6.46. The molecule has 0 saturated heterocycles. The molecular weight excluding hydrogens is 335 g/mol. The average molecular weight is 356 g/mol. The van der Waals surface area contributed by atoms with Crippen LogP contribution < -0.4 is 10.6 Å². The smallest absolute Gasteiger partial charge is 0.405 e. The van der Waals surface area contributed by atoms with Gasteiger partial charge in [0.2, 0.25) is 5.91 Å². The van der Waals surface area contributed by atoms with Gasteiger partial charge in [-0.15, -0.1) is 0 Å². The van der Waals surface area contributed by atoms with Gasteiger partial charge in [0, 0.05) is 0 Å². The largest absolute Gasteiger partial charge is 0.465 e. The second kappa shape index (κ2) is 7.56. The van der Waals surface area contributed by atoms with Crippen molar-refractivity contribution in [1.29, 1.82) is 0 Å². The van der Waals surface area contributed by atoms with Gasteiger partial charge in [-0.1, -0.05) is 43.3 Å². The first-order valence-corrected chi connectivity index (χ1v) is 8.62. The van der Waals surface area contributed by atoms with Gasteiger partial charge in [0.05, 0.1) is 18.0 Å². The number of nitrogens with one attached hydrogen (secondary N) is 2. The van der Waals surface area contributed by atoms with Crippen molar-refractivity contribution in [2.45, 2.75) is 37.8 Å². The molecule has 0 fully saturated rings. The van der Waals surface area contributed by atoms with Crippen molar-refractivity contribution >= 4 is 12.0 Å². The van der Waals surface area contributed by atoms with Crippen LogP contribution in [0, 0.1) is 5.82 Å². The standard InChI is InChI=1S/C20H21FN2O3/c1-2-15(12-7-9-14(21)10-8-12)19(24)22-17-11-13-5-3-4-6-16(13)18(17)23-20(25)26/h3-10,15,17-18,23H,2,11H2,1H3,(H,22,24)(H,25,26)/t15-,17-,18-/m0/s1. The van der Waals surface area contributed by atoms with Crippen LogP contribution in [-0.2, 0) is 11.2 Å². The lowest BCUT2D eigenvalue weighted by Crippen LogP contribution is -2.45. The fourth-order valence-corrected chi connectivity index (χ4v) is 3.59. The highest BCUT2D eigenvalue weighted by atomic mass is 19.1. The van der Waals surface area contributed by atoms with E-state index in [0.29, 0.717) is 12.8 Å². The number of carbonyl (C=O) groups excluding carboxylic acids is 1. The predicted molar refractivity (Wildman–Crippen MR) is 95.4 cm³/mol. The first-order chi connectivity index (χ1) is 12.5. The van der Waals surface area contributed by atoms with E-state index >= 15 is 0 Å². The van der Waals surface area contributed by atoms with E-state index in [0.717, 1.165) is 16.7 Å². The lowest BCUT2D eigenvalue weighted by Gasteiger charge is -2.24. The molecule has 0 aromatic heterocycles. The summed E-state index contributed by atoms with van der Waals surface area (Å²) in [7, 11) is 0. The van der Waals surface area contributed by atoms with Gasteiger partial charge in [0.25, 0.3) is 0 Å². The zero-order valence-corrected chi connectivity index (χ0v) is 14.4. The first-order valence-electron chi connectivity index (χ1n) is 8.62. The summed E-state index contributed by atoms with van der Waals surface area (Å²) in [5.41, 5.74) is 2.64. The Morgan fingerprint density at radius 2 is 1.85 bits per heavy atom. The van der Waals surface area contributed by atoms with Gasteiger partial charge < -0.3 is 15.7 Å². The van der Waals surface area contributed by atoms with Crippen molar-refractivity contribution in [3.05, 3.63) is 71.0 Å². The number of amides is 2. The van der Waals surface area contributed by atoms with Crippen LogP contribution in [0.1, 0.15) is 42.0 Å². The Morgan fingerprint density at radius 3 is 2.50 bits per heavy atom. The van der Waals surface area contributed by atoms with Crippen LogP contribution >= 0.6 is 0 Å². The monoisotopic (exact) mass is 356 g/mol. The van der Waals surface area contributed by atoms with E-state index in [2.05, 4.69) is 10.6 Å². The van der Waals surface area contributed by atoms with Gasteiger partial charge >= 0.3 is 6.09 Å². The van der Waals surface area contributed by atoms with Gasteiger partial charge in [0.1, 0.15) is 5.82 Å². The number of carbonyl (C=O) groups is 2. The molecule has 5 nitrogen and oxygen atoms in total. The summed E-state index contributed by atoms with van der Waals surface area (Å²) >= 11 is 0. The zero-order valence-electron chi connectivity index (χ0n) is 14.4. The third-order valence-corrected chi connectivity index (χ3v) is 4.84. The number of benzene rings is 2. The highest BCUT2D eigenvalue weighted by molar-refractivity contribution is 5.84. The Morgan fingerprint density at radius 1 is 1.15 bits per heavy atom. The maximum Gasteiger partial charge on any atom is 0.405 e. The van der Waals surface area contributed by atoms with Gasteiger partial charge in [-0.2, -0.15) is 0 Å². The number of hydrogen-bond acceptors (Lipinski definition) is 2. The second-order valence-electron chi connectivity index (χ2n) is 6.46. The third kappa shape index (κ3) is 3.69. The van der Waals surface area contributed by atoms with E-state index in [9.17, 15) is 14.0 Å². The molecule has 0 bridgehead atoms. The molecular formula is C20H21FN2O3. The van der Waals surface area contributed by atoms with E-state index in [-0.39, 0.29) is 17.8 Å². The van der Waals surface area contributed by atoms with E-state index in [1.54, 1.807) is 12.1 Å². The van der Waals surface area contributed by atoms with E-state index < -0.39 is 18.1 Å². The summed E-state index contributed by atoms with van der Waals surface area (Å²) in [6.45, 7) is 1.89. The first kappa shape index (κ1) is 17.9.